The van der Waals surface area contributed by atoms with Gasteiger partial charge < -0.3 is 10.8 Å². The van der Waals surface area contributed by atoms with Gasteiger partial charge in [0.2, 0.25) is 0 Å². The van der Waals surface area contributed by atoms with E-state index in [1.54, 1.807) is 0 Å². The Hall–Kier alpha value is -0.220. The van der Waals surface area contributed by atoms with Gasteiger partial charge in [0.15, 0.2) is 0 Å². The summed E-state index contributed by atoms with van der Waals surface area (Å²) >= 11 is 0. The molecule has 2 nitrogen and oxygen atoms in total. The summed E-state index contributed by atoms with van der Waals surface area (Å²) in [6.45, 7) is -0.310. The minimum Gasteiger partial charge on any atom is -0.396 e. The number of halogens is 2. The van der Waals surface area contributed by atoms with Crippen molar-refractivity contribution in [3.8, 4) is 0 Å². The van der Waals surface area contributed by atoms with E-state index in [1.165, 1.54) is 0 Å². The summed E-state index contributed by atoms with van der Waals surface area (Å²) in [6, 6.07) is -0.729. The third-order valence-electron chi connectivity index (χ3n) is 1.97. The van der Waals surface area contributed by atoms with Gasteiger partial charge in [-0.25, -0.2) is 8.78 Å². The van der Waals surface area contributed by atoms with Crippen LogP contribution in [0.15, 0.2) is 0 Å². The van der Waals surface area contributed by atoms with E-state index in [0.29, 0.717) is 0 Å². The first-order valence-corrected chi connectivity index (χ1v) is 3.31. The highest BCUT2D eigenvalue weighted by Crippen LogP contribution is 2.29. The fraction of sp³-hybridized carbons (Fsp3) is 1.00. The van der Waals surface area contributed by atoms with Crippen LogP contribution in [0.3, 0.4) is 0 Å². The molecule has 10 heavy (non-hydrogen) atoms. The molecule has 1 aliphatic rings. The van der Waals surface area contributed by atoms with Crippen molar-refractivity contribution < 1.29 is 13.9 Å². The maximum Gasteiger partial charge on any atom is 0.146 e. The minimum absolute atomic E-state index is 0.249. The second kappa shape index (κ2) is 2.80. The van der Waals surface area contributed by atoms with Crippen LogP contribution in [-0.2, 0) is 0 Å². The molecule has 1 aliphatic carbocycles. The van der Waals surface area contributed by atoms with Crippen molar-refractivity contribution in [2.45, 2.75) is 24.8 Å². The lowest BCUT2D eigenvalue weighted by Gasteiger charge is -2.08. The standard InChI is InChI=1S/C6H11F2NO/c7-5-3(2-10)1-4(9)6(5)8/h3-6,10H,1-2,9H2/t3-,4-,5-,6+/m1/s1. The van der Waals surface area contributed by atoms with Gasteiger partial charge in [0, 0.05) is 18.6 Å². The number of aliphatic hydroxyl groups excluding tert-OH is 1. The third kappa shape index (κ3) is 1.13. The van der Waals surface area contributed by atoms with Crippen molar-refractivity contribution in [2.75, 3.05) is 6.61 Å². The summed E-state index contributed by atoms with van der Waals surface area (Å²) in [4.78, 5) is 0. The molecule has 0 heterocycles. The first-order valence-electron chi connectivity index (χ1n) is 3.31. The zero-order valence-electron chi connectivity index (χ0n) is 5.50. The molecular weight excluding hydrogens is 140 g/mol. The second-order valence-electron chi connectivity index (χ2n) is 2.73. The average Bonchev–Trinajstić information content (AvgIpc) is 2.17. The molecule has 0 aliphatic heterocycles. The molecular formula is C6H11F2NO. The summed E-state index contributed by atoms with van der Waals surface area (Å²) in [7, 11) is 0. The molecule has 4 atom stereocenters. The van der Waals surface area contributed by atoms with E-state index in [0.717, 1.165) is 0 Å². The first-order chi connectivity index (χ1) is 4.66. The van der Waals surface area contributed by atoms with E-state index < -0.39 is 24.3 Å². The Bertz CT molecular complexity index is 122. The van der Waals surface area contributed by atoms with Crippen LogP contribution in [0, 0.1) is 5.92 Å². The highest BCUT2D eigenvalue weighted by Gasteiger charge is 2.41. The smallest absolute Gasteiger partial charge is 0.146 e. The molecule has 1 fully saturated rings. The number of hydrogen-bond acceptors (Lipinski definition) is 2. The van der Waals surface area contributed by atoms with Crippen LogP contribution in [0.4, 0.5) is 8.78 Å². The van der Waals surface area contributed by atoms with E-state index in [-0.39, 0.29) is 13.0 Å². The summed E-state index contributed by atoms with van der Waals surface area (Å²) in [6.07, 6.45) is -2.91. The molecule has 0 aromatic carbocycles. The topological polar surface area (TPSA) is 46.2 Å². The highest BCUT2D eigenvalue weighted by atomic mass is 19.2. The zero-order chi connectivity index (χ0) is 7.72. The van der Waals surface area contributed by atoms with Crippen molar-refractivity contribution in [1.29, 1.82) is 0 Å². The first kappa shape index (κ1) is 7.88. The molecule has 1 rings (SSSR count). The van der Waals surface area contributed by atoms with E-state index in [9.17, 15) is 8.78 Å². The predicted octanol–water partition coefficient (Wildman–Crippen LogP) is 0.00210. The van der Waals surface area contributed by atoms with Crippen LogP contribution in [-0.4, -0.2) is 30.1 Å². The molecule has 60 valence electrons. The molecule has 3 N–H and O–H groups in total. The van der Waals surface area contributed by atoms with Crippen LogP contribution >= 0.6 is 0 Å². The van der Waals surface area contributed by atoms with Gasteiger partial charge in [-0.2, -0.15) is 0 Å². The Morgan fingerprint density at radius 1 is 1.40 bits per heavy atom. The van der Waals surface area contributed by atoms with E-state index >= 15 is 0 Å². The Labute approximate surface area is 58.0 Å². The number of nitrogens with two attached hydrogens (primary N) is 1. The maximum absolute atomic E-state index is 12.6. The van der Waals surface area contributed by atoms with E-state index in [2.05, 4.69) is 0 Å². The summed E-state index contributed by atoms with van der Waals surface area (Å²) in [5, 5.41) is 8.51. The molecule has 0 amide bonds. The zero-order valence-corrected chi connectivity index (χ0v) is 5.50. The number of hydrogen-bond donors (Lipinski definition) is 2. The minimum atomic E-state index is -1.59. The normalized spacial score (nSPS) is 48.0. The van der Waals surface area contributed by atoms with Gasteiger partial charge in [-0.3, -0.25) is 0 Å². The van der Waals surface area contributed by atoms with Gasteiger partial charge in [0.05, 0.1) is 0 Å². The fourth-order valence-corrected chi connectivity index (χ4v) is 1.28. The lowest BCUT2D eigenvalue weighted by Crippen LogP contribution is -2.30. The van der Waals surface area contributed by atoms with Gasteiger partial charge in [-0.15, -0.1) is 0 Å². The Kier molecular flexibility index (Phi) is 2.21. The monoisotopic (exact) mass is 151 g/mol. The molecule has 0 bridgehead atoms. The lowest BCUT2D eigenvalue weighted by atomic mass is 10.1. The molecule has 0 radical (unpaired) electrons. The fourth-order valence-electron chi connectivity index (χ4n) is 1.28. The highest BCUT2D eigenvalue weighted by molar-refractivity contribution is 4.93. The van der Waals surface area contributed by atoms with Crippen LogP contribution < -0.4 is 5.73 Å². The molecule has 1 saturated carbocycles. The Morgan fingerprint density at radius 2 is 2.00 bits per heavy atom. The number of rotatable bonds is 1. The van der Waals surface area contributed by atoms with Gasteiger partial charge in [0.1, 0.15) is 12.3 Å². The van der Waals surface area contributed by atoms with Crippen molar-refractivity contribution >= 4 is 0 Å². The Morgan fingerprint density at radius 3 is 2.20 bits per heavy atom. The van der Waals surface area contributed by atoms with E-state index in [1.807, 2.05) is 0 Å². The Balaban J connectivity index is 2.53. The second-order valence-corrected chi connectivity index (χ2v) is 2.73. The van der Waals surface area contributed by atoms with E-state index in [4.69, 9.17) is 10.8 Å². The molecule has 0 aromatic rings. The summed E-state index contributed by atoms with van der Waals surface area (Å²) in [5.74, 6) is -0.593. The van der Waals surface area contributed by atoms with Gasteiger partial charge in [-0.1, -0.05) is 0 Å². The summed E-state index contributed by atoms with van der Waals surface area (Å²) < 4.78 is 25.2. The lowest BCUT2D eigenvalue weighted by molar-refractivity contribution is 0.117. The van der Waals surface area contributed by atoms with Crippen molar-refractivity contribution in [3.05, 3.63) is 0 Å². The van der Waals surface area contributed by atoms with Crippen LogP contribution in [0.1, 0.15) is 6.42 Å². The average molecular weight is 151 g/mol. The van der Waals surface area contributed by atoms with Crippen LogP contribution in [0.2, 0.25) is 0 Å². The van der Waals surface area contributed by atoms with Crippen molar-refractivity contribution in [1.82, 2.24) is 0 Å². The predicted molar refractivity (Wildman–Crippen MR) is 33.0 cm³/mol. The van der Waals surface area contributed by atoms with Crippen LogP contribution in [0.25, 0.3) is 0 Å². The van der Waals surface area contributed by atoms with Crippen LogP contribution in [0.5, 0.6) is 0 Å². The SMILES string of the molecule is N[C@@H]1C[C@H](CO)[C@@H](F)[C@H]1F. The van der Waals surface area contributed by atoms with Gasteiger partial charge in [-0.05, 0) is 6.42 Å². The molecule has 4 heteroatoms. The largest absolute Gasteiger partial charge is 0.396 e. The van der Waals surface area contributed by atoms with Gasteiger partial charge in [0.25, 0.3) is 0 Å². The summed E-state index contributed by atoms with van der Waals surface area (Å²) in [5.41, 5.74) is 5.21. The number of aliphatic hydroxyl groups is 1. The van der Waals surface area contributed by atoms with Crippen molar-refractivity contribution in [3.63, 3.8) is 0 Å². The molecule has 0 unspecified atom stereocenters. The molecule has 0 aromatic heterocycles. The quantitative estimate of drug-likeness (QED) is 0.554. The number of alkyl halides is 2. The van der Waals surface area contributed by atoms with Crippen molar-refractivity contribution in [2.24, 2.45) is 11.7 Å². The maximum atomic E-state index is 12.6. The molecule has 0 spiro atoms. The van der Waals surface area contributed by atoms with Gasteiger partial charge >= 0.3 is 0 Å². The third-order valence-corrected chi connectivity index (χ3v) is 1.97. The molecule has 0 saturated heterocycles.